The molecule has 0 fully saturated rings. The average Bonchev–Trinajstić information content (AvgIpc) is 2.37. The Morgan fingerprint density at radius 3 is 2.67 bits per heavy atom. The van der Waals surface area contributed by atoms with E-state index in [-0.39, 0.29) is 25.4 Å². The van der Waals surface area contributed by atoms with E-state index in [9.17, 15) is 9.59 Å². The predicted octanol–water partition coefficient (Wildman–Crippen LogP) is 2.15. The van der Waals surface area contributed by atoms with E-state index >= 15 is 0 Å². The first kappa shape index (κ1) is 14.2. The molecule has 98 valence electrons. The number of carbonyl (C=O) groups is 2. The van der Waals surface area contributed by atoms with Crippen molar-refractivity contribution in [1.82, 2.24) is 0 Å². The van der Waals surface area contributed by atoms with Crippen molar-refractivity contribution in [3.63, 3.8) is 0 Å². The number of aryl methyl sites for hydroxylation is 1. The maximum absolute atomic E-state index is 11.4. The number of ketones is 1. The molecule has 0 amide bonds. The van der Waals surface area contributed by atoms with Crippen molar-refractivity contribution in [2.75, 3.05) is 13.2 Å². The molecule has 0 saturated heterocycles. The van der Waals surface area contributed by atoms with E-state index in [0.717, 1.165) is 12.0 Å². The first-order valence-electron chi connectivity index (χ1n) is 6.04. The average molecular weight is 250 g/mol. The van der Waals surface area contributed by atoms with Crippen LogP contribution in [-0.4, -0.2) is 25.0 Å². The van der Waals surface area contributed by atoms with E-state index in [1.165, 1.54) is 0 Å². The number of carbonyl (C=O) groups excluding carboxylic acids is 2. The molecule has 0 N–H and O–H groups in total. The van der Waals surface area contributed by atoms with Crippen molar-refractivity contribution in [2.45, 2.75) is 26.7 Å². The van der Waals surface area contributed by atoms with Crippen LogP contribution >= 0.6 is 0 Å². The van der Waals surface area contributed by atoms with Crippen LogP contribution in [0.4, 0.5) is 0 Å². The summed E-state index contributed by atoms with van der Waals surface area (Å²) in [4.78, 5) is 22.5. The molecule has 0 saturated carbocycles. The number of benzene rings is 1. The molecule has 1 aromatic carbocycles. The van der Waals surface area contributed by atoms with Crippen LogP contribution in [-0.2, 0) is 20.7 Å². The summed E-state index contributed by atoms with van der Waals surface area (Å²) in [7, 11) is 0. The number of esters is 1. The summed E-state index contributed by atoms with van der Waals surface area (Å²) < 4.78 is 10.0. The van der Waals surface area contributed by atoms with Gasteiger partial charge in [0, 0.05) is 0 Å². The highest BCUT2D eigenvalue weighted by Gasteiger charge is 2.10. The van der Waals surface area contributed by atoms with Gasteiger partial charge in [0.05, 0.1) is 6.61 Å². The molecule has 0 aromatic heterocycles. The quantitative estimate of drug-likeness (QED) is 0.549. The summed E-state index contributed by atoms with van der Waals surface area (Å²) >= 11 is 0. The van der Waals surface area contributed by atoms with Crippen molar-refractivity contribution in [3.05, 3.63) is 29.8 Å². The number of hydrogen-bond acceptors (Lipinski definition) is 4. The second kappa shape index (κ2) is 7.48. The van der Waals surface area contributed by atoms with Crippen molar-refractivity contribution >= 4 is 11.8 Å². The molecule has 1 rings (SSSR count). The Morgan fingerprint density at radius 1 is 1.22 bits per heavy atom. The lowest BCUT2D eigenvalue weighted by atomic mass is 10.2. The van der Waals surface area contributed by atoms with Gasteiger partial charge in [-0.3, -0.25) is 9.59 Å². The van der Waals surface area contributed by atoms with Gasteiger partial charge in [0.25, 0.3) is 0 Å². The summed E-state index contributed by atoms with van der Waals surface area (Å²) in [6, 6.07) is 7.55. The molecule has 0 aliphatic heterocycles. The van der Waals surface area contributed by atoms with Crippen LogP contribution in [0.3, 0.4) is 0 Å². The second-order valence-electron chi connectivity index (χ2n) is 3.81. The zero-order chi connectivity index (χ0) is 13.4. The fourth-order valence-electron chi connectivity index (χ4n) is 1.44. The minimum atomic E-state index is -0.506. The van der Waals surface area contributed by atoms with Gasteiger partial charge < -0.3 is 9.47 Å². The minimum absolute atomic E-state index is 0.105. The van der Waals surface area contributed by atoms with Crippen molar-refractivity contribution < 1.29 is 19.1 Å². The minimum Gasteiger partial charge on any atom is -0.486 e. The maximum Gasteiger partial charge on any atom is 0.313 e. The molecule has 0 bridgehead atoms. The summed E-state index contributed by atoms with van der Waals surface area (Å²) in [6.45, 7) is 3.93. The van der Waals surface area contributed by atoms with Gasteiger partial charge >= 0.3 is 5.97 Å². The molecule has 0 aliphatic carbocycles. The molecule has 1 aromatic rings. The maximum atomic E-state index is 11.4. The fourth-order valence-corrected chi connectivity index (χ4v) is 1.44. The SMILES string of the molecule is CCOC(=O)CC(=O)COc1cccc(CC)c1. The second-order valence-corrected chi connectivity index (χ2v) is 3.81. The summed E-state index contributed by atoms with van der Waals surface area (Å²) in [6.07, 6.45) is 0.676. The van der Waals surface area contributed by atoms with Crippen molar-refractivity contribution in [2.24, 2.45) is 0 Å². The lowest BCUT2D eigenvalue weighted by molar-refractivity contribution is -0.145. The third kappa shape index (κ3) is 4.99. The molecule has 18 heavy (non-hydrogen) atoms. The molecule has 0 aliphatic rings. The van der Waals surface area contributed by atoms with E-state index in [2.05, 4.69) is 4.74 Å². The predicted molar refractivity (Wildman–Crippen MR) is 67.6 cm³/mol. The Labute approximate surface area is 107 Å². The Morgan fingerprint density at radius 2 is 2.00 bits per heavy atom. The monoisotopic (exact) mass is 250 g/mol. The fraction of sp³-hybridized carbons (Fsp3) is 0.429. The molecule has 0 radical (unpaired) electrons. The smallest absolute Gasteiger partial charge is 0.313 e. The Hall–Kier alpha value is -1.84. The Bertz CT molecular complexity index is 412. The topological polar surface area (TPSA) is 52.6 Å². The summed E-state index contributed by atoms with van der Waals surface area (Å²) in [5.41, 5.74) is 1.14. The van der Waals surface area contributed by atoms with Crippen LogP contribution in [0.2, 0.25) is 0 Å². The molecule has 4 heteroatoms. The van der Waals surface area contributed by atoms with Crippen LogP contribution in [0.5, 0.6) is 5.75 Å². The highest BCUT2D eigenvalue weighted by molar-refractivity contribution is 5.96. The number of ether oxygens (including phenoxy) is 2. The Kier molecular flexibility index (Phi) is 5.91. The van der Waals surface area contributed by atoms with Crippen LogP contribution in [0.25, 0.3) is 0 Å². The van der Waals surface area contributed by atoms with Crippen LogP contribution < -0.4 is 4.74 Å². The standard InChI is InChI=1S/C14H18O4/c1-3-11-6-5-7-13(8-11)18-10-12(15)9-14(16)17-4-2/h5-8H,3-4,9-10H2,1-2H3. The van der Waals surface area contributed by atoms with Gasteiger partial charge in [0.2, 0.25) is 0 Å². The summed E-state index contributed by atoms with van der Waals surface area (Å²) in [5, 5.41) is 0. The molecule has 0 heterocycles. The van der Waals surface area contributed by atoms with Gasteiger partial charge in [0.15, 0.2) is 5.78 Å². The van der Waals surface area contributed by atoms with Gasteiger partial charge in [0.1, 0.15) is 18.8 Å². The van der Waals surface area contributed by atoms with Gasteiger partial charge in [-0.05, 0) is 31.0 Å². The highest BCUT2D eigenvalue weighted by Crippen LogP contribution is 2.13. The van der Waals surface area contributed by atoms with E-state index in [0.29, 0.717) is 5.75 Å². The lowest BCUT2D eigenvalue weighted by Crippen LogP contribution is -2.17. The number of Topliss-reactive ketones (excluding diaryl/α,β-unsaturated/α-hetero) is 1. The van der Waals surface area contributed by atoms with Gasteiger partial charge in [-0.1, -0.05) is 19.1 Å². The van der Waals surface area contributed by atoms with Crippen LogP contribution in [0.1, 0.15) is 25.8 Å². The molecular formula is C14H18O4. The first-order valence-corrected chi connectivity index (χ1v) is 6.04. The third-order valence-corrected chi connectivity index (χ3v) is 2.35. The van der Waals surface area contributed by atoms with E-state index in [4.69, 9.17) is 4.74 Å². The van der Waals surface area contributed by atoms with Gasteiger partial charge in [-0.25, -0.2) is 0 Å². The lowest BCUT2D eigenvalue weighted by Gasteiger charge is -2.06. The van der Waals surface area contributed by atoms with Crippen LogP contribution in [0.15, 0.2) is 24.3 Å². The third-order valence-electron chi connectivity index (χ3n) is 2.35. The first-order chi connectivity index (χ1) is 8.65. The molecule has 0 atom stereocenters. The zero-order valence-corrected chi connectivity index (χ0v) is 10.8. The molecule has 0 spiro atoms. The molecule has 0 unspecified atom stereocenters. The zero-order valence-electron chi connectivity index (χ0n) is 10.8. The normalized spacial score (nSPS) is 9.89. The summed E-state index contributed by atoms with van der Waals surface area (Å²) in [5.74, 6) is -0.143. The Balaban J connectivity index is 2.40. The van der Waals surface area contributed by atoms with Crippen molar-refractivity contribution in [1.29, 1.82) is 0 Å². The number of hydrogen-bond donors (Lipinski definition) is 0. The molecule has 4 nitrogen and oxygen atoms in total. The highest BCUT2D eigenvalue weighted by atomic mass is 16.5. The van der Waals surface area contributed by atoms with Gasteiger partial charge in [-0.2, -0.15) is 0 Å². The van der Waals surface area contributed by atoms with Gasteiger partial charge in [-0.15, -0.1) is 0 Å². The van der Waals surface area contributed by atoms with Crippen molar-refractivity contribution in [3.8, 4) is 5.75 Å². The van der Waals surface area contributed by atoms with E-state index < -0.39 is 5.97 Å². The van der Waals surface area contributed by atoms with E-state index in [1.807, 2.05) is 25.1 Å². The largest absolute Gasteiger partial charge is 0.486 e. The molecular weight excluding hydrogens is 232 g/mol. The van der Waals surface area contributed by atoms with Crippen LogP contribution in [0, 0.1) is 0 Å². The van der Waals surface area contributed by atoms with E-state index in [1.54, 1.807) is 13.0 Å². The number of rotatable bonds is 7.